The van der Waals surface area contributed by atoms with Gasteiger partial charge in [-0.3, -0.25) is 0 Å². The van der Waals surface area contributed by atoms with Gasteiger partial charge in [-0.05, 0) is 6.07 Å². The van der Waals surface area contributed by atoms with E-state index in [1.807, 2.05) is 0 Å². The van der Waals surface area contributed by atoms with E-state index in [0.29, 0.717) is 6.20 Å². The maximum atomic E-state index is 12.3. The van der Waals surface area contributed by atoms with Gasteiger partial charge in [0, 0.05) is 0 Å². The lowest BCUT2D eigenvalue weighted by atomic mass is 9.82. The lowest BCUT2D eigenvalue weighted by molar-refractivity contribution is -0.606. The fourth-order valence-electron chi connectivity index (χ4n) is 0.681. The van der Waals surface area contributed by atoms with Crippen LogP contribution in [-0.2, 0) is 0 Å². The number of nitrogens with zero attached hydrogens (tertiary/aromatic N) is 1. The van der Waals surface area contributed by atoms with Crippen LogP contribution in [0.3, 0.4) is 0 Å². The minimum absolute atomic E-state index is 0.167. The summed E-state index contributed by atoms with van der Waals surface area (Å²) in [5, 5.41) is 27.5. The molecule has 0 aliphatic carbocycles. The molecule has 2 N–H and O–H groups in total. The zero-order chi connectivity index (χ0) is 8.43. The van der Waals surface area contributed by atoms with Gasteiger partial charge in [-0.1, -0.05) is 0 Å². The monoisotopic (exact) mass is 157 g/mol. The Morgan fingerprint density at radius 1 is 1.45 bits per heavy atom. The molecule has 4 nitrogen and oxygen atoms in total. The molecule has 6 heteroatoms. The van der Waals surface area contributed by atoms with Crippen LogP contribution in [0.5, 0.6) is 0 Å². The van der Waals surface area contributed by atoms with Crippen LogP contribution >= 0.6 is 0 Å². The van der Waals surface area contributed by atoms with Crippen molar-refractivity contribution in [2.45, 2.75) is 0 Å². The maximum absolute atomic E-state index is 12.3. The number of hydrogen-bond donors (Lipinski definition) is 2. The fourth-order valence-corrected chi connectivity index (χ4v) is 0.681. The number of halogens is 1. The first kappa shape index (κ1) is 7.97. The van der Waals surface area contributed by atoms with Crippen molar-refractivity contribution in [1.82, 2.24) is 0 Å². The molecule has 0 fully saturated rings. The van der Waals surface area contributed by atoms with Crippen molar-refractivity contribution in [3.63, 3.8) is 0 Å². The van der Waals surface area contributed by atoms with Crippen LogP contribution in [0.4, 0.5) is 4.39 Å². The van der Waals surface area contributed by atoms with Gasteiger partial charge in [-0.2, -0.15) is 4.73 Å². The van der Waals surface area contributed by atoms with Gasteiger partial charge >= 0.3 is 7.12 Å². The third kappa shape index (κ3) is 1.89. The van der Waals surface area contributed by atoms with Gasteiger partial charge < -0.3 is 15.3 Å². The summed E-state index contributed by atoms with van der Waals surface area (Å²) in [6.45, 7) is 0. The SMILES string of the molecule is [O-][n+]1cc(F)cc(B(O)O)c1. The zero-order valence-electron chi connectivity index (χ0n) is 5.44. The van der Waals surface area contributed by atoms with E-state index in [1.165, 1.54) is 0 Å². The van der Waals surface area contributed by atoms with Crippen molar-refractivity contribution in [3.8, 4) is 0 Å². The molecular formula is C5H5BFNO3. The third-order valence-corrected chi connectivity index (χ3v) is 1.13. The molecule has 0 amide bonds. The second-order valence-corrected chi connectivity index (χ2v) is 2.02. The van der Waals surface area contributed by atoms with Gasteiger partial charge in [-0.25, -0.2) is 4.39 Å². The van der Waals surface area contributed by atoms with Gasteiger partial charge in [0.25, 0.3) is 0 Å². The van der Waals surface area contributed by atoms with Gasteiger partial charge in [0.15, 0.2) is 12.0 Å². The molecule has 0 unspecified atom stereocenters. The molecule has 0 atom stereocenters. The molecule has 0 aliphatic rings. The molecule has 1 aromatic rings. The fraction of sp³-hybridized carbons (Fsp3) is 0. The van der Waals surface area contributed by atoms with E-state index < -0.39 is 12.9 Å². The molecule has 0 radical (unpaired) electrons. The predicted octanol–water partition coefficient (Wildman–Crippen LogP) is -1.86. The van der Waals surface area contributed by atoms with E-state index in [2.05, 4.69) is 0 Å². The minimum Gasteiger partial charge on any atom is -0.619 e. The third-order valence-electron chi connectivity index (χ3n) is 1.13. The van der Waals surface area contributed by atoms with E-state index in [4.69, 9.17) is 10.0 Å². The van der Waals surface area contributed by atoms with Crippen molar-refractivity contribution >= 4 is 12.6 Å². The summed E-state index contributed by atoms with van der Waals surface area (Å²) in [5.41, 5.74) is -0.167. The van der Waals surface area contributed by atoms with Gasteiger partial charge in [0.05, 0.1) is 5.46 Å². The Balaban J connectivity index is 3.08. The molecule has 0 spiro atoms. The summed E-state index contributed by atoms with van der Waals surface area (Å²) in [6.07, 6.45) is 1.57. The summed E-state index contributed by atoms with van der Waals surface area (Å²) in [4.78, 5) is 0. The molecule has 0 saturated carbocycles. The molecule has 0 aromatic carbocycles. The average molecular weight is 157 g/mol. The summed E-state index contributed by atoms with van der Waals surface area (Å²) in [6, 6.07) is 0.874. The highest BCUT2D eigenvalue weighted by atomic mass is 19.1. The quantitative estimate of drug-likeness (QED) is 0.285. The second-order valence-electron chi connectivity index (χ2n) is 2.02. The largest absolute Gasteiger partial charge is 0.619 e. The number of rotatable bonds is 1. The summed E-state index contributed by atoms with van der Waals surface area (Å²) in [7, 11) is -1.81. The Kier molecular flexibility index (Phi) is 2.07. The van der Waals surface area contributed by atoms with Crippen molar-refractivity contribution in [3.05, 3.63) is 29.5 Å². The zero-order valence-corrected chi connectivity index (χ0v) is 5.44. The topological polar surface area (TPSA) is 67.4 Å². The van der Waals surface area contributed by atoms with Crippen molar-refractivity contribution in [1.29, 1.82) is 0 Å². The molecular weight excluding hydrogens is 152 g/mol. The minimum atomic E-state index is -1.81. The predicted molar refractivity (Wildman–Crippen MR) is 35.2 cm³/mol. The normalized spacial score (nSPS) is 9.73. The van der Waals surface area contributed by atoms with Crippen LogP contribution in [0.1, 0.15) is 0 Å². The number of aromatic nitrogens is 1. The van der Waals surface area contributed by atoms with E-state index in [0.717, 1.165) is 12.3 Å². The van der Waals surface area contributed by atoms with E-state index in [1.54, 1.807) is 0 Å². The van der Waals surface area contributed by atoms with Crippen LogP contribution in [-0.4, -0.2) is 17.2 Å². The van der Waals surface area contributed by atoms with Gasteiger partial charge in [0.1, 0.15) is 0 Å². The van der Waals surface area contributed by atoms with E-state index in [9.17, 15) is 9.60 Å². The second kappa shape index (κ2) is 2.85. The summed E-state index contributed by atoms with van der Waals surface area (Å²) in [5.74, 6) is -0.800. The van der Waals surface area contributed by atoms with Crippen LogP contribution < -0.4 is 10.2 Å². The molecule has 0 saturated heterocycles. The van der Waals surface area contributed by atoms with E-state index in [-0.39, 0.29) is 10.2 Å². The Morgan fingerprint density at radius 2 is 2.09 bits per heavy atom. The highest BCUT2D eigenvalue weighted by Crippen LogP contribution is 1.87. The Bertz CT molecular complexity index is 248. The van der Waals surface area contributed by atoms with Gasteiger partial charge in [0.2, 0.25) is 6.20 Å². The highest BCUT2D eigenvalue weighted by molar-refractivity contribution is 6.58. The maximum Gasteiger partial charge on any atom is 0.494 e. The van der Waals surface area contributed by atoms with Crippen LogP contribution in [0.25, 0.3) is 0 Å². The van der Waals surface area contributed by atoms with Crippen LogP contribution in [0, 0.1) is 11.0 Å². The van der Waals surface area contributed by atoms with Crippen molar-refractivity contribution in [2.75, 3.05) is 0 Å². The summed E-state index contributed by atoms with van der Waals surface area (Å²) < 4.78 is 12.5. The van der Waals surface area contributed by atoms with Gasteiger partial charge in [-0.15, -0.1) is 0 Å². The Labute approximate surface area is 62.3 Å². The molecule has 58 valence electrons. The smallest absolute Gasteiger partial charge is 0.494 e. The van der Waals surface area contributed by atoms with Crippen LogP contribution in [0.2, 0.25) is 0 Å². The van der Waals surface area contributed by atoms with Crippen LogP contribution in [0.15, 0.2) is 18.5 Å². The molecule has 11 heavy (non-hydrogen) atoms. The first-order valence-corrected chi connectivity index (χ1v) is 2.85. The standard InChI is InChI=1S/C5H5BFNO3/c7-5-1-4(6(9)10)2-8(11)3-5/h1-3,9-10H. The highest BCUT2D eigenvalue weighted by Gasteiger charge is 2.15. The molecule has 1 aromatic heterocycles. The number of pyridine rings is 1. The lowest BCUT2D eigenvalue weighted by Crippen LogP contribution is -2.39. The molecule has 0 bridgehead atoms. The molecule has 1 rings (SSSR count). The Morgan fingerprint density at radius 3 is 2.55 bits per heavy atom. The van der Waals surface area contributed by atoms with E-state index >= 15 is 0 Å². The first-order chi connectivity index (χ1) is 5.09. The number of hydrogen-bond acceptors (Lipinski definition) is 3. The molecule has 0 aliphatic heterocycles. The lowest BCUT2D eigenvalue weighted by Gasteiger charge is -1.99. The van der Waals surface area contributed by atoms with Crippen molar-refractivity contribution < 1.29 is 19.2 Å². The molecule has 1 heterocycles. The Hall–Kier alpha value is -1.14. The van der Waals surface area contributed by atoms with Crippen molar-refractivity contribution in [2.24, 2.45) is 0 Å². The summed E-state index contributed by atoms with van der Waals surface area (Å²) >= 11 is 0. The first-order valence-electron chi connectivity index (χ1n) is 2.85. The average Bonchev–Trinajstić information content (AvgIpc) is 1.85.